The van der Waals surface area contributed by atoms with E-state index in [1.807, 2.05) is 24.3 Å². The summed E-state index contributed by atoms with van der Waals surface area (Å²) in [5.74, 6) is -0.663. The zero-order valence-electron chi connectivity index (χ0n) is 22.3. The van der Waals surface area contributed by atoms with Crippen LogP contribution >= 0.6 is 23.2 Å². The molecule has 1 heterocycles. The standard InChI is InChI=1S/C29H36Cl2N4O2/c1-18(36)35-25-10-7-19(17-32-11-6-12-34(4)5)13-23(25)33-24-15-29(2,3)16-26(37)27(24)28(35)21-9-8-20(30)14-22(21)31/h7-10,13-14,27-28,32H,6,11-12,15-17H2,1-5H3. The molecule has 0 saturated heterocycles. The molecule has 198 valence electrons. The fourth-order valence-corrected chi connectivity index (χ4v) is 6.02. The lowest BCUT2D eigenvalue weighted by Gasteiger charge is -2.41. The van der Waals surface area contributed by atoms with Crippen molar-refractivity contribution in [1.29, 1.82) is 0 Å². The number of nitrogens with one attached hydrogen (secondary N) is 1. The van der Waals surface area contributed by atoms with Crippen LogP contribution in [-0.2, 0) is 16.1 Å². The number of aliphatic imine (C=N–C) groups is 1. The van der Waals surface area contributed by atoms with Gasteiger partial charge < -0.3 is 15.1 Å². The van der Waals surface area contributed by atoms with Crippen LogP contribution in [0.25, 0.3) is 0 Å². The molecule has 1 N–H and O–H groups in total. The fraction of sp³-hybridized carbons (Fsp3) is 0.483. The molecule has 2 atom stereocenters. The van der Waals surface area contributed by atoms with Crippen molar-refractivity contribution in [2.45, 2.75) is 52.6 Å². The van der Waals surface area contributed by atoms with Gasteiger partial charge in [-0.05, 0) is 80.8 Å². The smallest absolute Gasteiger partial charge is 0.224 e. The van der Waals surface area contributed by atoms with Gasteiger partial charge in [-0.1, -0.05) is 49.2 Å². The molecule has 4 rings (SSSR count). The number of Topliss-reactive ketones (excluding diaryl/α,β-unsaturated/α-hetero) is 1. The van der Waals surface area contributed by atoms with Crippen LogP contribution < -0.4 is 10.2 Å². The lowest BCUT2D eigenvalue weighted by Crippen LogP contribution is -2.47. The summed E-state index contributed by atoms with van der Waals surface area (Å²) in [5, 5.41) is 4.44. The topological polar surface area (TPSA) is 65.0 Å². The van der Waals surface area contributed by atoms with Crippen LogP contribution in [0.5, 0.6) is 0 Å². The average molecular weight is 544 g/mol. The van der Waals surface area contributed by atoms with E-state index < -0.39 is 12.0 Å². The number of benzene rings is 2. The molecule has 6 nitrogen and oxygen atoms in total. The predicted molar refractivity (Wildman–Crippen MR) is 152 cm³/mol. The van der Waals surface area contributed by atoms with Gasteiger partial charge in [0.05, 0.1) is 23.3 Å². The first-order valence-corrected chi connectivity index (χ1v) is 13.6. The Labute approximate surface area is 230 Å². The maximum atomic E-state index is 13.7. The highest BCUT2D eigenvalue weighted by Crippen LogP contribution is 2.49. The number of amides is 1. The number of fused-ring (bicyclic) bond motifs is 2. The molecule has 1 aliphatic carbocycles. The summed E-state index contributed by atoms with van der Waals surface area (Å²) in [4.78, 5) is 35.9. The minimum absolute atomic E-state index is 0.0767. The second-order valence-corrected chi connectivity index (χ2v) is 12.1. The third-order valence-electron chi connectivity index (χ3n) is 7.08. The van der Waals surface area contributed by atoms with Crippen molar-refractivity contribution in [2.75, 3.05) is 32.1 Å². The Bertz CT molecular complexity index is 1220. The molecule has 0 bridgehead atoms. The maximum Gasteiger partial charge on any atom is 0.224 e. The van der Waals surface area contributed by atoms with Crippen molar-refractivity contribution >= 4 is 52.0 Å². The van der Waals surface area contributed by atoms with Crippen molar-refractivity contribution < 1.29 is 9.59 Å². The van der Waals surface area contributed by atoms with Gasteiger partial charge in [-0.25, -0.2) is 0 Å². The molecule has 2 aromatic carbocycles. The van der Waals surface area contributed by atoms with Gasteiger partial charge in [0.15, 0.2) is 0 Å². The average Bonchev–Trinajstić information content (AvgIpc) is 2.91. The highest BCUT2D eigenvalue weighted by Gasteiger charge is 2.47. The molecule has 2 aromatic rings. The van der Waals surface area contributed by atoms with Gasteiger partial charge in [0, 0.05) is 35.6 Å². The van der Waals surface area contributed by atoms with Gasteiger partial charge >= 0.3 is 0 Å². The molecule has 2 aliphatic rings. The minimum Gasteiger partial charge on any atom is -0.313 e. The van der Waals surface area contributed by atoms with E-state index >= 15 is 0 Å². The van der Waals surface area contributed by atoms with Crippen LogP contribution in [-0.4, -0.2) is 49.5 Å². The van der Waals surface area contributed by atoms with E-state index in [-0.39, 0.29) is 17.1 Å². The van der Waals surface area contributed by atoms with Crippen LogP contribution in [0.3, 0.4) is 0 Å². The molecule has 37 heavy (non-hydrogen) atoms. The number of halogens is 2. The van der Waals surface area contributed by atoms with E-state index in [9.17, 15) is 9.59 Å². The number of hydrogen-bond donors (Lipinski definition) is 1. The molecule has 1 fully saturated rings. The molecule has 2 unspecified atom stereocenters. The van der Waals surface area contributed by atoms with Gasteiger partial charge in [-0.2, -0.15) is 0 Å². The Balaban J connectivity index is 1.79. The summed E-state index contributed by atoms with van der Waals surface area (Å²) in [5.41, 5.74) is 3.77. The first-order chi connectivity index (χ1) is 17.5. The largest absolute Gasteiger partial charge is 0.313 e. The van der Waals surface area contributed by atoms with Gasteiger partial charge in [0.1, 0.15) is 5.78 Å². The summed E-state index contributed by atoms with van der Waals surface area (Å²) in [6.07, 6.45) is 2.15. The van der Waals surface area contributed by atoms with Gasteiger partial charge in [0.2, 0.25) is 5.91 Å². The number of nitrogens with zero attached hydrogens (tertiary/aromatic N) is 3. The van der Waals surface area contributed by atoms with Crippen molar-refractivity contribution in [3.8, 4) is 0 Å². The molecule has 1 aliphatic heterocycles. The zero-order valence-corrected chi connectivity index (χ0v) is 23.8. The molecule has 0 aromatic heterocycles. The molecule has 8 heteroatoms. The van der Waals surface area contributed by atoms with Crippen molar-refractivity contribution in [3.05, 3.63) is 57.6 Å². The summed E-state index contributed by atoms with van der Waals surface area (Å²) in [7, 11) is 4.14. The van der Waals surface area contributed by atoms with Crippen molar-refractivity contribution in [2.24, 2.45) is 16.3 Å². The third kappa shape index (κ3) is 6.26. The summed E-state index contributed by atoms with van der Waals surface area (Å²) >= 11 is 12.9. The van der Waals surface area contributed by atoms with Crippen molar-refractivity contribution in [1.82, 2.24) is 10.2 Å². The SMILES string of the molecule is CC(=O)N1c2ccc(CNCCCN(C)C)cc2N=C2CC(C)(C)CC(=O)C2C1c1ccc(Cl)cc1Cl. The van der Waals surface area contributed by atoms with Crippen LogP contribution in [0, 0.1) is 11.3 Å². The highest BCUT2D eigenvalue weighted by molar-refractivity contribution is 6.35. The fourth-order valence-electron chi connectivity index (χ4n) is 5.50. The van der Waals surface area contributed by atoms with E-state index in [4.69, 9.17) is 28.2 Å². The first-order valence-electron chi connectivity index (χ1n) is 12.8. The number of anilines is 1. The second-order valence-electron chi connectivity index (χ2n) is 11.2. The Hall–Kier alpha value is -2.25. The zero-order chi connectivity index (χ0) is 26.9. The molecule has 0 radical (unpaired) electrons. The molecular formula is C29H36Cl2N4O2. The van der Waals surface area contributed by atoms with Gasteiger partial charge in [-0.15, -0.1) is 0 Å². The Morgan fingerprint density at radius 3 is 2.59 bits per heavy atom. The van der Waals surface area contributed by atoms with Gasteiger partial charge in [0.25, 0.3) is 0 Å². The van der Waals surface area contributed by atoms with E-state index in [2.05, 4.69) is 38.2 Å². The van der Waals surface area contributed by atoms with E-state index in [0.29, 0.717) is 46.4 Å². The predicted octanol–water partition coefficient (Wildman–Crippen LogP) is 6.22. The quantitative estimate of drug-likeness (QED) is 0.421. The summed E-state index contributed by atoms with van der Waals surface area (Å²) in [6, 6.07) is 10.7. The second kappa shape index (κ2) is 11.2. The molecule has 0 spiro atoms. The van der Waals surface area contributed by atoms with Crippen LogP contribution in [0.1, 0.15) is 57.2 Å². The highest BCUT2D eigenvalue weighted by atomic mass is 35.5. The maximum absolute atomic E-state index is 13.7. The van der Waals surface area contributed by atoms with Crippen LogP contribution in [0.15, 0.2) is 41.4 Å². The number of hydrogen-bond acceptors (Lipinski definition) is 5. The number of carbonyl (C=O) groups excluding carboxylic acids is 2. The third-order valence-corrected chi connectivity index (χ3v) is 7.65. The first kappa shape index (κ1) is 27.8. The van der Waals surface area contributed by atoms with Gasteiger partial charge in [-0.3, -0.25) is 14.6 Å². The molecule has 1 amide bonds. The molecule has 1 saturated carbocycles. The van der Waals surface area contributed by atoms with Crippen LogP contribution in [0.4, 0.5) is 11.4 Å². The van der Waals surface area contributed by atoms with Crippen LogP contribution in [0.2, 0.25) is 10.0 Å². The van der Waals surface area contributed by atoms with E-state index in [1.165, 1.54) is 6.92 Å². The lowest BCUT2D eigenvalue weighted by molar-refractivity contribution is -0.124. The van der Waals surface area contributed by atoms with E-state index in [1.54, 1.807) is 17.0 Å². The number of carbonyl (C=O) groups is 2. The van der Waals surface area contributed by atoms with E-state index in [0.717, 1.165) is 30.8 Å². The summed E-state index contributed by atoms with van der Waals surface area (Å²) in [6.45, 7) is 8.35. The number of rotatable bonds is 7. The normalized spacial score (nSPS) is 20.8. The minimum atomic E-state index is -0.596. The Morgan fingerprint density at radius 1 is 1.16 bits per heavy atom. The Kier molecular flexibility index (Phi) is 8.44. The summed E-state index contributed by atoms with van der Waals surface area (Å²) < 4.78 is 0. The molecular weight excluding hydrogens is 507 g/mol. The van der Waals surface area contributed by atoms with Crippen molar-refractivity contribution in [3.63, 3.8) is 0 Å². The Morgan fingerprint density at radius 2 is 1.92 bits per heavy atom. The lowest BCUT2D eigenvalue weighted by atomic mass is 9.68. The monoisotopic (exact) mass is 542 g/mol. The number of ketones is 1.